The molecule has 1 heterocycles. The van der Waals surface area contributed by atoms with Crippen LogP contribution in [0.2, 0.25) is 0 Å². The zero-order valence-corrected chi connectivity index (χ0v) is 13.4. The Hall–Kier alpha value is -3.03. The van der Waals surface area contributed by atoms with E-state index in [1.165, 1.54) is 18.2 Å². The van der Waals surface area contributed by atoms with Crippen LogP contribution in [0.4, 0.5) is 18.9 Å². The number of carbonyl (C=O) groups is 2. The van der Waals surface area contributed by atoms with Crippen molar-refractivity contribution in [3.8, 4) is 16.9 Å². The number of carboxylic acid groups (broad SMARTS) is 1. The van der Waals surface area contributed by atoms with Crippen molar-refractivity contribution in [2.75, 3.05) is 11.9 Å². The van der Waals surface area contributed by atoms with Crippen molar-refractivity contribution >= 4 is 17.6 Å². The number of halogens is 3. The zero-order chi connectivity index (χ0) is 18.9. The summed E-state index contributed by atoms with van der Waals surface area (Å²) in [7, 11) is 0. The van der Waals surface area contributed by atoms with E-state index in [4.69, 9.17) is 9.84 Å². The first-order valence-electron chi connectivity index (χ1n) is 7.73. The van der Waals surface area contributed by atoms with Gasteiger partial charge >= 0.3 is 12.1 Å². The highest BCUT2D eigenvalue weighted by atomic mass is 19.4. The number of benzene rings is 2. The molecular formula is C18H14F3NO4. The predicted octanol–water partition coefficient (Wildman–Crippen LogP) is 3.72. The number of carboxylic acids is 1. The van der Waals surface area contributed by atoms with Crippen LogP contribution < -0.4 is 10.1 Å². The van der Waals surface area contributed by atoms with Crippen LogP contribution in [-0.2, 0) is 22.2 Å². The predicted molar refractivity (Wildman–Crippen MR) is 87.0 cm³/mol. The Morgan fingerprint density at radius 3 is 2.46 bits per heavy atom. The summed E-state index contributed by atoms with van der Waals surface area (Å²) in [6, 6.07) is 7.73. The van der Waals surface area contributed by atoms with Crippen molar-refractivity contribution in [2.45, 2.75) is 19.0 Å². The summed E-state index contributed by atoms with van der Waals surface area (Å²) in [5.74, 6) is -1.18. The topological polar surface area (TPSA) is 75.6 Å². The van der Waals surface area contributed by atoms with Crippen molar-refractivity contribution in [3.63, 3.8) is 0 Å². The van der Waals surface area contributed by atoms with Gasteiger partial charge in [-0.25, -0.2) is 4.79 Å². The molecule has 8 heteroatoms. The third-order valence-corrected chi connectivity index (χ3v) is 3.98. The fourth-order valence-electron chi connectivity index (χ4n) is 2.73. The van der Waals surface area contributed by atoms with Crippen LogP contribution >= 0.6 is 0 Å². The monoisotopic (exact) mass is 365 g/mol. The molecule has 1 amide bonds. The minimum atomic E-state index is -4.44. The molecule has 0 unspecified atom stereocenters. The molecule has 5 nitrogen and oxygen atoms in total. The van der Waals surface area contributed by atoms with Gasteiger partial charge in [0.15, 0.2) is 6.61 Å². The number of aryl methyl sites for hydroxylation is 1. The highest BCUT2D eigenvalue weighted by molar-refractivity contribution is 5.95. The maximum absolute atomic E-state index is 12.7. The van der Waals surface area contributed by atoms with E-state index in [1.807, 2.05) is 0 Å². The lowest BCUT2D eigenvalue weighted by atomic mass is 9.95. The van der Waals surface area contributed by atoms with Crippen LogP contribution in [0.1, 0.15) is 17.5 Å². The van der Waals surface area contributed by atoms with Crippen LogP contribution in [0.5, 0.6) is 5.75 Å². The van der Waals surface area contributed by atoms with E-state index < -0.39 is 24.3 Å². The summed E-state index contributed by atoms with van der Waals surface area (Å²) in [6.45, 7) is -0.611. The van der Waals surface area contributed by atoms with Gasteiger partial charge in [-0.15, -0.1) is 0 Å². The fraction of sp³-hybridized carbons (Fsp3) is 0.222. The normalized spacial score (nSPS) is 13.7. The maximum Gasteiger partial charge on any atom is 0.416 e. The van der Waals surface area contributed by atoms with E-state index in [0.29, 0.717) is 29.7 Å². The summed E-state index contributed by atoms with van der Waals surface area (Å²) < 4.78 is 43.5. The molecule has 0 atom stereocenters. The van der Waals surface area contributed by atoms with Gasteiger partial charge in [0.25, 0.3) is 0 Å². The van der Waals surface area contributed by atoms with Crippen LogP contribution in [0.25, 0.3) is 11.1 Å². The Bertz CT molecular complexity index is 860. The molecule has 2 aromatic rings. The molecule has 0 radical (unpaired) electrons. The Morgan fingerprint density at radius 1 is 1.15 bits per heavy atom. The van der Waals surface area contributed by atoms with Crippen molar-refractivity contribution < 1.29 is 32.6 Å². The molecule has 0 saturated heterocycles. The molecule has 26 heavy (non-hydrogen) atoms. The SMILES string of the molecule is O=C(O)COc1cc2c(cc1-c1ccc(C(F)(F)F)cc1)CCC(=O)N2. The number of carbonyl (C=O) groups excluding carboxylic acids is 1. The van der Waals surface area contributed by atoms with E-state index in [1.54, 1.807) is 6.07 Å². The van der Waals surface area contributed by atoms with Crippen molar-refractivity contribution in [2.24, 2.45) is 0 Å². The number of alkyl halides is 3. The standard InChI is InChI=1S/C18H14F3NO4/c19-18(20,21)12-4-1-10(2-5-12)13-7-11-3-6-16(23)22-14(11)8-15(13)26-9-17(24)25/h1-2,4-5,7-8H,3,6,9H2,(H,22,23)(H,24,25). The third-order valence-electron chi connectivity index (χ3n) is 3.98. The highest BCUT2D eigenvalue weighted by Crippen LogP contribution is 2.38. The minimum Gasteiger partial charge on any atom is -0.481 e. The molecule has 2 N–H and O–H groups in total. The van der Waals surface area contributed by atoms with Crippen molar-refractivity contribution in [1.29, 1.82) is 0 Å². The van der Waals surface area contributed by atoms with Crippen molar-refractivity contribution in [3.05, 3.63) is 47.5 Å². The van der Waals surface area contributed by atoms with Gasteiger partial charge in [0.05, 0.1) is 5.56 Å². The van der Waals surface area contributed by atoms with E-state index in [9.17, 15) is 22.8 Å². The molecule has 0 bridgehead atoms. The Morgan fingerprint density at radius 2 is 1.85 bits per heavy atom. The van der Waals surface area contributed by atoms with Gasteiger partial charge in [0.1, 0.15) is 5.75 Å². The van der Waals surface area contributed by atoms with Crippen LogP contribution in [0.15, 0.2) is 36.4 Å². The van der Waals surface area contributed by atoms with Crippen molar-refractivity contribution in [1.82, 2.24) is 0 Å². The lowest BCUT2D eigenvalue weighted by Gasteiger charge is -2.20. The first kappa shape index (κ1) is 17.8. The number of anilines is 1. The number of amides is 1. The molecule has 1 aliphatic rings. The number of aliphatic carboxylic acids is 1. The van der Waals surface area contributed by atoms with E-state index in [2.05, 4.69) is 5.32 Å². The van der Waals surface area contributed by atoms with Crippen LogP contribution in [-0.4, -0.2) is 23.6 Å². The summed E-state index contributed by atoms with van der Waals surface area (Å²) in [4.78, 5) is 22.3. The number of nitrogens with one attached hydrogen (secondary N) is 1. The second-order valence-corrected chi connectivity index (χ2v) is 5.81. The second kappa shape index (κ2) is 6.70. The van der Waals surface area contributed by atoms with E-state index in [-0.39, 0.29) is 11.7 Å². The molecule has 0 aromatic heterocycles. The quantitative estimate of drug-likeness (QED) is 0.866. The molecule has 0 aliphatic carbocycles. The molecule has 1 aliphatic heterocycles. The van der Waals surface area contributed by atoms with Crippen LogP contribution in [0, 0.1) is 0 Å². The Balaban J connectivity index is 2.03. The maximum atomic E-state index is 12.7. The first-order valence-corrected chi connectivity index (χ1v) is 7.73. The van der Waals surface area contributed by atoms with Gasteiger partial charge in [0, 0.05) is 23.7 Å². The number of hydrogen-bond acceptors (Lipinski definition) is 3. The van der Waals surface area contributed by atoms with E-state index in [0.717, 1.165) is 17.7 Å². The largest absolute Gasteiger partial charge is 0.481 e. The van der Waals surface area contributed by atoms with Gasteiger partial charge in [-0.05, 0) is 35.7 Å². The molecule has 0 saturated carbocycles. The first-order chi connectivity index (χ1) is 12.2. The lowest BCUT2D eigenvalue weighted by Crippen LogP contribution is -2.19. The van der Waals surface area contributed by atoms with Gasteiger partial charge in [-0.3, -0.25) is 4.79 Å². The zero-order valence-electron chi connectivity index (χ0n) is 13.4. The minimum absolute atomic E-state index is 0.163. The molecule has 0 spiro atoms. The Labute approximate surface area is 146 Å². The average Bonchev–Trinajstić information content (AvgIpc) is 2.58. The van der Waals surface area contributed by atoms with Gasteiger partial charge in [-0.1, -0.05) is 12.1 Å². The molecule has 3 rings (SSSR count). The van der Waals surface area contributed by atoms with E-state index >= 15 is 0 Å². The lowest BCUT2D eigenvalue weighted by molar-refractivity contribution is -0.139. The molecule has 2 aromatic carbocycles. The third kappa shape index (κ3) is 3.79. The molecular weight excluding hydrogens is 351 g/mol. The smallest absolute Gasteiger partial charge is 0.416 e. The van der Waals surface area contributed by atoms with Gasteiger partial charge in [0.2, 0.25) is 5.91 Å². The van der Waals surface area contributed by atoms with Gasteiger partial charge in [-0.2, -0.15) is 13.2 Å². The molecule has 136 valence electrons. The number of rotatable bonds is 4. The summed E-state index contributed by atoms with van der Waals surface area (Å²) in [6.07, 6.45) is -3.66. The number of fused-ring (bicyclic) bond motifs is 1. The fourth-order valence-corrected chi connectivity index (χ4v) is 2.73. The highest BCUT2D eigenvalue weighted by Gasteiger charge is 2.30. The summed E-state index contributed by atoms with van der Waals surface area (Å²) in [5.41, 5.74) is 1.46. The van der Waals surface area contributed by atoms with Crippen LogP contribution in [0.3, 0.4) is 0 Å². The van der Waals surface area contributed by atoms with Gasteiger partial charge < -0.3 is 15.2 Å². The average molecular weight is 365 g/mol. The Kier molecular flexibility index (Phi) is 4.58. The number of hydrogen-bond donors (Lipinski definition) is 2. The number of ether oxygens (including phenoxy) is 1. The second-order valence-electron chi connectivity index (χ2n) is 5.81. The summed E-state index contributed by atoms with van der Waals surface area (Å²) >= 11 is 0. The molecule has 0 fully saturated rings. The summed E-state index contributed by atoms with van der Waals surface area (Å²) in [5, 5.41) is 11.5.